The molecule has 266 valence electrons. The molecule has 5 aliphatic carbocycles. The molecule has 0 radical (unpaired) electrons. The quantitative estimate of drug-likeness (QED) is 0.193. The zero-order valence-corrected chi connectivity index (χ0v) is 36.0. The van der Waals surface area contributed by atoms with Crippen molar-refractivity contribution >= 4 is 3.71 Å². The van der Waals surface area contributed by atoms with E-state index in [4.69, 9.17) is 0 Å². The van der Waals surface area contributed by atoms with E-state index in [1.807, 2.05) is 0 Å². The average molecular weight is 785 g/mol. The van der Waals surface area contributed by atoms with Gasteiger partial charge in [-0.2, -0.15) is 46.5 Å². The monoisotopic (exact) mass is 782 g/mol. The van der Waals surface area contributed by atoms with Crippen LogP contribution in [0.5, 0.6) is 0 Å². The second-order valence-electron chi connectivity index (χ2n) is 18.2. The first-order valence-electron chi connectivity index (χ1n) is 18.6. The molecule has 9 rings (SSSR count). The number of halogens is 2. The van der Waals surface area contributed by atoms with Crippen molar-refractivity contribution in [1.82, 2.24) is 0 Å². The van der Waals surface area contributed by atoms with Gasteiger partial charge in [0.25, 0.3) is 0 Å². The van der Waals surface area contributed by atoms with Crippen LogP contribution in [0, 0.1) is 50.0 Å². The summed E-state index contributed by atoms with van der Waals surface area (Å²) in [6.07, 6.45) is 11.7. The Morgan fingerprint density at radius 3 is 1.84 bits per heavy atom. The largest absolute Gasteiger partial charge is 1.00 e. The maximum absolute atomic E-state index is 3.67. The number of benzene rings is 3. The van der Waals surface area contributed by atoms with E-state index in [2.05, 4.69) is 139 Å². The minimum atomic E-state index is 0. The van der Waals surface area contributed by atoms with Crippen LogP contribution in [0.2, 0.25) is 0 Å². The Balaban J connectivity index is 0.000000177. The molecule has 0 heterocycles. The maximum atomic E-state index is 3.67. The van der Waals surface area contributed by atoms with Gasteiger partial charge in [0.15, 0.2) is 0 Å². The van der Waals surface area contributed by atoms with Crippen molar-refractivity contribution in [3.05, 3.63) is 123 Å². The van der Waals surface area contributed by atoms with Gasteiger partial charge in [-0.3, -0.25) is 0 Å². The third-order valence-electron chi connectivity index (χ3n) is 11.8. The molecule has 4 saturated carbocycles. The Kier molecular flexibility index (Phi) is 13.3. The molecule has 0 atom stereocenters. The summed E-state index contributed by atoms with van der Waals surface area (Å²) in [4.78, 5) is 0. The molecule has 0 saturated heterocycles. The second kappa shape index (κ2) is 16.2. The van der Waals surface area contributed by atoms with Gasteiger partial charge < -0.3 is 24.8 Å². The Hall–Kier alpha value is -1.66. The molecule has 0 amide bonds. The topological polar surface area (TPSA) is 0 Å². The normalized spacial score (nSPS) is 22.5. The zero-order valence-electron chi connectivity index (χ0n) is 32.1. The average Bonchev–Trinajstić information content (AvgIpc) is 3.53. The van der Waals surface area contributed by atoms with Crippen molar-refractivity contribution in [2.24, 2.45) is 23.2 Å². The van der Waals surface area contributed by atoms with Gasteiger partial charge in [-0.15, -0.1) is 11.1 Å². The van der Waals surface area contributed by atoms with Crippen molar-refractivity contribution in [1.29, 1.82) is 0 Å². The molecule has 0 aromatic heterocycles. The van der Waals surface area contributed by atoms with Crippen LogP contribution >= 0.6 is 0 Å². The van der Waals surface area contributed by atoms with Gasteiger partial charge in [-0.25, -0.2) is 6.07 Å². The fraction of sp³-hybridized carbons (Fsp3) is 0.489. The van der Waals surface area contributed by atoms with E-state index in [1.165, 1.54) is 80.7 Å². The summed E-state index contributed by atoms with van der Waals surface area (Å²) in [5.74, 6) is 3.27. The first kappa shape index (κ1) is 41.1. The maximum Gasteiger partial charge on any atom is -1.00 e. The van der Waals surface area contributed by atoms with Crippen molar-refractivity contribution in [3.63, 3.8) is 0 Å². The number of hydrogen-bond donors (Lipinski definition) is 0. The molecule has 4 fully saturated rings. The molecule has 4 aromatic carbocycles. The molecular weight excluding hydrogens is 727 g/mol. The van der Waals surface area contributed by atoms with Crippen LogP contribution < -0.4 is 24.8 Å². The second-order valence-corrected chi connectivity index (χ2v) is 18.9. The van der Waals surface area contributed by atoms with Crippen LogP contribution in [-0.4, -0.2) is 3.71 Å². The molecule has 0 nitrogen and oxygen atoms in total. The van der Waals surface area contributed by atoms with Gasteiger partial charge in [0.05, 0.1) is 0 Å². The molecule has 4 bridgehead atoms. The summed E-state index contributed by atoms with van der Waals surface area (Å²) in [6.45, 7) is 20.3. The van der Waals surface area contributed by atoms with E-state index >= 15 is 0 Å². The van der Waals surface area contributed by atoms with Crippen LogP contribution in [0.25, 0.3) is 11.1 Å². The Labute approximate surface area is 332 Å². The third-order valence-corrected chi connectivity index (χ3v) is 12.6. The van der Waals surface area contributed by atoms with Crippen molar-refractivity contribution in [3.8, 4) is 11.1 Å². The number of aryl methyl sites for hydroxylation is 3. The van der Waals surface area contributed by atoms with Crippen molar-refractivity contribution < 1.29 is 49.0 Å². The first-order chi connectivity index (χ1) is 22.6. The van der Waals surface area contributed by atoms with E-state index in [1.54, 1.807) is 49.7 Å². The SMILES string of the molecule is CC(C)(C)c1[c-]c2c(cc1)-c1ccc(C(C)(C)C)cc1C2.Cc1cc(CC23CC4CC(CC(C4)C2)C3)c(C)[cH-]1.Cc1ccc([CH]=[Zr+2])cc1.[Cl-].[Cl-]. The van der Waals surface area contributed by atoms with Crippen LogP contribution in [0.3, 0.4) is 0 Å². The summed E-state index contributed by atoms with van der Waals surface area (Å²) in [7, 11) is 0. The standard InChI is InChI=1S/C21H25.C18H25.C8H8.2ClH.Zr/c1-20(2,3)16-7-9-18-14(12-16)11-15-13-17(21(4,5)6)8-10-19(15)18;1-12-3-13(2)17(4-12)11-18-8-14-5-15(9-18)7-16(6-14)10-18;1-7-3-5-8(2)6-4-7;;;/h7-10,12H,11H2,1-6H3;3-4,14-16H,5-11H2,1-2H3;1,3-6H,2H3;2*1H;/q2*-1;;;;+2/p-2. The molecule has 0 aliphatic heterocycles. The van der Waals surface area contributed by atoms with Gasteiger partial charge in [-0.1, -0.05) is 85.6 Å². The zero-order chi connectivity index (χ0) is 34.4. The summed E-state index contributed by atoms with van der Waals surface area (Å²) >= 11 is 1.47. The number of fused-ring (bicyclic) bond motifs is 3. The van der Waals surface area contributed by atoms with E-state index in [0.717, 1.165) is 24.2 Å². The molecule has 0 unspecified atom stereocenters. The van der Waals surface area contributed by atoms with Gasteiger partial charge in [-0.05, 0) is 90.1 Å². The fourth-order valence-electron chi connectivity index (χ4n) is 9.66. The Morgan fingerprint density at radius 2 is 1.34 bits per heavy atom. The predicted octanol–water partition coefficient (Wildman–Crippen LogP) is 6.13. The summed E-state index contributed by atoms with van der Waals surface area (Å²) in [5.41, 5.74) is 16.7. The molecule has 5 aliphatic rings. The molecule has 4 aromatic rings. The molecule has 3 heteroatoms. The van der Waals surface area contributed by atoms with E-state index in [-0.39, 0.29) is 35.6 Å². The predicted molar refractivity (Wildman–Crippen MR) is 203 cm³/mol. The van der Waals surface area contributed by atoms with E-state index in [0.29, 0.717) is 5.41 Å². The van der Waals surface area contributed by atoms with Crippen LogP contribution in [0.4, 0.5) is 0 Å². The fourth-order valence-corrected chi connectivity index (χ4v) is 10.1. The van der Waals surface area contributed by atoms with Gasteiger partial charge >= 0.3 is 70.3 Å². The molecule has 50 heavy (non-hydrogen) atoms. The van der Waals surface area contributed by atoms with Gasteiger partial charge in [0.2, 0.25) is 0 Å². The van der Waals surface area contributed by atoms with Crippen molar-refractivity contribution in [2.45, 2.75) is 125 Å². The summed E-state index contributed by atoms with van der Waals surface area (Å²) in [6, 6.07) is 28.5. The molecular formula is C47H58Cl2Zr-2. The minimum Gasteiger partial charge on any atom is -1.00 e. The third kappa shape index (κ3) is 9.46. The first-order valence-corrected chi connectivity index (χ1v) is 20.0. The van der Waals surface area contributed by atoms with E-state index in [9.17, 15) is 0 Å². The van der Waals surface area contributed by atoms with Crippen LogP contribution in [-0.2, 0) is 47.9 Å². The molecule has 0 N–H and O–H groups in total. The van der Waals surface area contributed by atoms with E-state index < -0.39 is 0 Å². The number of hydrogen-bond acceptors (Lipinski definition) is 0. The summed E-state index contributed by atoms with van der Waals surface area (Å²) in [5, 5.41) is 0. The smallest absolute Gasteiger partial charge is 1.00 e. The molecule has 0 spiro atoms. The minimum absolute atomic E-state index is 0. The number of rotatable bonds is 3. The van der Waals surface area contributed by atoms with Gasteiger partial charge in [0.1, 0.15) is 0 Å². The van der Waals surface area contributed by atoms with Crippen LogP contribution in [0.15, 0.2) is 66.7 Å². The Bertz CT molecular complexity index is 1660. The van der Waals surface area contributed by atoms with Gasteiger partial charge in [0, 0.05) is 0 Å². The van der Waals surface area contributed by atoms with Crippen LogP contribution in [0.1, 0.15) is 130 Å². The Morgan fingerprint density at radius 1 is 0.760 bits per heavy atom. The summed E-state index contributed by atoms with van der Waals surface area (Å²) < 4.78 is 2.19. The van der Waals surface area contributed by atoms with Crippen molar-refractivity contribution in [2.75, 3.05) is 0 Å².